The van der Waals surface area contributed by atoms with Gasteiger partial charge in [0.25, 0.3) is 0 Å². The van der Waals surface area contributed by atoms with Crippen molar-refractivity contribution in [1.29, 1.82) is 0 Å². The minimum atomic E-state index is -3.94. The Morgan fingerprint density at radius 2 is 1.40 bits per heavy atom. The minimum absolute atomic E-state index is 0.0116. The molecule has 0 aliphatic rings. The Balaban J connectivity index is 0.000000162. The van der Waals surface area contributed by atoms with Crippen molar-refractivity contribution in [2.75, 3.05) is 0 Å². The first-order valence-electron chi connectivity index (χ1n) is 4.12. The second-order valence-electron chi connectivity index (χ2n) is 2.56. The van der Waals surface area contributed by atoms with Gasteiger partial charge in [-0.15, -0.1) is 11.3 Å². The highest BCUT2D eigenvalue weighted by Gasteiger charge is 2.08. The summed E-state index contributed by atoms with van der Waals surface area (Å²) in [7, 11) is -3.94. The molecule has 0 radical (unpaired) electrons. The Bertz CT molecular complexity index is 434. The molecule has 0 fully saturated rings. The third kappa shape index (κ3) is 4.73. The Hall–Kier alpha value is -1.17. The van der Waals surface area contributed by atoms with Crippen LogP contribution in [-0.2, 0) is 10.1 Å². The van der Waals surface area contributed by atoms with Crippen molar-refractivity contribution < 1.29 is 13.0 Å². The number of hydrogen-bond acceptors (Lipinski definition) is 3. The molecular formula is C10H10O3S2. The third-order valence-corrected chi connectivity index (χ3v) is 3.64. The lowest BCUT2D eigenvalue weighted by Crippen LogP contribution is -1.92. The monoisotopic (exact) mass is 242 g/mol. The van der Waals surface area contributed by atoms with Crippen molar-refractivity contribution >= 4 is 21.5 Å². The quantitative estimate of drug-likeness (QED) is 0.782. The van der Waals surface area contributed by atoms with Gasteiger partial charge < -0.3 is 0 Å². The predicted octanol–water partition coefficient (Wildman–Crippen LogP) is 2.68. The highest BCUT2D eigenvalue weighted by Crippen LogP contribution is 2.14. The first-order chi connectivity index (χ1) is 7.11. The average molecular weight is 242 g/mol. The van der Waals surface area contributed by atoms with Crippen LogP contribution in [0.5, 0.6) is 0 Å². The normalized spacial score (nSPS) is 10.2. The predicted molar refractivity (Wildman–Crippen MR) is 60.6 cm³/mol. The van der Waals surface area contributed by atoms with Crippen LogP contribution in [0, 0.1) is 0 Å². The SMILES string of the molecule is O=S(=O)(O)c1cccs1.c1ccccc1. The van der Waals surface area contributed by atoms with Crippen LogP contribution < -0.4 is 0 Å². The molecule has 1 N–H and O–H groups in total. The average Bonchev–Trinajstić information content (AvgIpc) is 2.73. The lowest BCUT2D eigenvalue weighted by molar-refractivity contribution is 0.485. The first-order valence-corrected chi connectivity index (χ1v) is 6.43. The van der Waals surface area contributed by atoms with Gasteiger partial charge in [-0.2, -0.15) is 8.42 Å². The maximum atomic E-state index is 10.3. The Kier molecular flexibility index (Phi) is 4.48. The molecule has 80 valence electrons. The highest BCUT2D eigenvalue weighted by molar-refractivity contribution is 7.88. The van der Waals surface area contributed by atoms with Crippen LogP contribution in [-0.4, -0.2) is 13.0 Å². The Labute approximate surface area is 92.8 Å². The summed E-state index contributed by atoms with van der Waals surface area (Å²) in [6, 6.07) is 14.9. The van der Waals surface area contributed by atoms with E-state index in [1.54, 1.807) is 11.4 Å². The Morgan fingerprint density at radius 3 is 1.60 bits per heavy atom. The second kappa shape index (κ2) is 5.65. The molecule has 0 amide bonds. The van der Waals surface area contributed by atoms with E-state index in [2.05, 4.69) is 0 Å². The van der Waals surface area contributed by atoms with Gasteiger partial charge >= 0.3 is 10.1 Å². The van der Waals surface area contributed by atoms with Gasteiger partial charge in [-0.1, -0.05) is 42.5 Å². The van der Waals surface area contributed by atoms with Gasteiger partial charge in [-0.3, -0.25) is 4.55 Å². The molecule has 2 rings (SSSR count). The molecule has 1 aromatic heterocycles. The molecule has 5 heteroatoms. The molecule has 0 unspecified atom stereocenters. The van der Waals surface area contributed by atoms with Crippen LogP contribution >= 0.6 is 11.3 Å². The van der Waals surface area contributed by atoms with Gasteiger partial charge in [0.05, 0.1) is 0 Å². The number of benzene rings is 1. The molecule has 0 spiro atoms. The maximum Gasteiger partial charge on any atom is 0.304 e. The molecule has 0 atom stereocenters. The van der Waals surface area contributed by atoms with E-state index in [4.69, 9.17) is 4.55 Å². The molecule has 0 bridgehead atoms. The van der Waals surface area contributed by atoms with Gasteiger partial charge in [-0.25, -0.2) is 0 Å². The summed E-state index contributed by atoms with van der Waals surface area (Å²) in [5.41, 5.74) is 0. The molecule has 0 saturated carbocycles. The summed E-state index contributed by atoms with van der Waals surface area (Å²) in [6.07, 6.45) is 0. The maximum absolute atomic E-state index is 10.3. The van der Waals surface area contributed by atoms with E-state index in [0.29, 0.717) is 0 Å². The van der Waals surface area contributed by atoms with E-state index in [-0.39, 0.29) is 4.21 Å². The molecule has 0 saturated heterocycles. The summed E-state index contributed by atoms with van der Waals surface area (Å²) < 4.78 is 28.9. The summed E-state index contributed by atoms with van der Waals surface area (Å²) in [5, 5.41) is 1.59. The van der Waals surface area contributed by atoms with Gasteiger partial charge in [0.2, 0.25) is 0 Å². The fourth-order valence-electron chi connectivity index (χ4n) is 0.795. The van der Waals surface area contributed by atoms with Crippen molar-refractivity contribution in [3.05, 3.63) is 53.9 Å². The van der Waals surface area contributed by atoms with Crippen LogP contribution in [0.3, 0.4) is 0 Å². The number of thiophene rings is 1. The van der Waals surface area contributed by atoms with Crippen LogP contribution in [0.1, 0.15) is 0 Å². The van der Waals surface area contributed by atoms with E-state index in [1.807, 2.05) is 36.4 Å². The van der Waals surface area contributed by atoms with Crippen molar-refractivity contribution in [2.24, 2.45) is 0 Å². The molecule has 3 nitrogen and oxygen atoms in total. The first kappa shape index (κ1) is 11.9. The topological polar surface area (TPSA) is 54.4 Å². The summed E-state index contributed by atoms with van der Waals surface area (Å²) in [6.45, 7) is 0. The standard InChI is InChI=1S/C6H6.C4H4O3S2/c1-2-4-6-5-3-1;5-9(6,7)4-2-1-3-8-4/h1-6H;1-3H,(H,5,6,7). The van der Waals surface area contributed by atoms with Crippen molar-refractivity contribution in [2.45, 2.75) is 4.21 Å². The van der Waals surface area contributed by atoms with Gasteiger partial charge in [-0.05, 0) is 11.4 Å². The molecule has 0 aliphatic carbocycles. The van der Waals surface area contributed by atoms with Gasteiger partial charge in [0.15, 0.2) is 0 Å². The second-order valence-corrected chi connectivity index (χ2v) is 5.16. The fraction of sp³-hybridized carbons (Fsp3) is 0. The van der Waals surface area contributed by atoms with Crippen molar-refractivity contribution in [1.82, 2.24) is 0 Å². The van der Waals surface area contributed by atoms with E-state index < -0.39 is 10.1 Å². The minimum Gasteiger partial charge on any atom is -0.281 e. The number of rotatable bonds is 1. The summed E-state index contributed by atoms with van der Waals surface area (Å²) in [5.74, 6) is 0. The van der Waals surface area contributed by atoms with Gasteiger partial charge in [0.1, 0.15) is 4.21 Å². The molecular weight excluding hydrogens is 232 g/mol. The molecule has 0 aliphatic heterocycles. The zero-order valence-corrected chi connectivity index (χ0v) is 9.41. The summed E-state index contributed by atoms with van der Waals surface area (Å²) in [4.78, 5) is 0. The molecule has 1 heterocycles. The lowest BCUT2D eigenvalue weighted by Gasteiger charge is -1.84. The van der Waals surface area contributed by atoms with Crippen molar-refractivity contribution in [3.8, 4) is 0 Å². The zero-order valence-electron chi connectivity index (χ0n) is 7.78. The molecule has 15 heavy (non-hydrogen) atoms. The molecule has 1 aromatic carbocycles. The lowest BCUT2D eigenvalue weighted by atomic mass is 10.4. The van der Waals surface area contributed by atoms with E-state index >= 15 is 0 Å². The number of hydrogen-bond donors (Lipinski definition) is 1. The summed E-state index contributed by atoms with van der Waals surface area (Å²) >= 11 is 0.992. The van der Waals surface area contributed by atoms with E-state index in [1.165, 1.54) is 6.07 Å². The fourth-order valence-corrected chi connectivity index (χ4v) is 2.15. The van der Waals surface area contributed by atoms with E-state index in [9.17, 15) is 8.42 Å². The molecule has 2 aromatic rings. The largest absolute Gasteiger partial charge is 0.304 e. The third-order valence-electron chi connectivity index (χ3n) is 1.42. The highest BCUT2D eigenvalue weighted by atomic mass is 32.3. The zero-order chi connectivity index (χ0) is 11.1. The van der Waals surface area contributed by atoms with Gasteiger partial charge in [0, 0.05) is 0 Å². The van der Waals surface area contributed by atoms with Crippen LogP contribution in [0.4, 0.5) is 0 Å². The van der Waals surface area contributed by atoms with Crippen LogP contribution in [0.25, 0.3) is 0 Å². The smallest absolute Gasteiger partial charge is 0.281 e. The van der Waals surface area contributed by atoms with Crippen molar-refractivity contribution in [3.63, 3.8) is 0 Å². The van der Waals surface area contributed by atoms with Crippen LogP contribution in [0.2, 0.25) is 0 Å². The Morgan fingerprint density at radius 1 is 0.933 bits per heavy atom. The van der Waals surface area contributed by atoms with E-state index in [0.717, 1.165) is 11.3 Å². The van der Waals surface area contributed by atoms with Crippen LogP contribution in [0.15, 0.2) is 58.1 Å².